The van der Waals surface area contributed by atoms with Crippen LogP contribution in [0.3, 0.4) is 0 Å². The van der Waals surface area contributed by atoms with E-state index in [1.165, 1.54) is 16.4 Å². The van der Waals surface area contributed by atoms with E-state index in [9.17, 15) is 13.2 Å². The average molecular weight is 521 g/mol. The molecule has 4 rings (SSSR count). The van der Waals surface area contributed by atoms with Crippen molar-refractivity contribution in [3.8, 4) is 0 Å². The van der Waals surface area contributed by atoms with Crippen molar-refractivity contribution in [1.29, 1.82) is 0 Å². The molecule has 0 atom stereocenters. The number of rotatable bonds is 6. The second-order valence-corrected chi connectivity index (χ2v) is 11.3. The number of hydrogen-bond donors (Lipinski definition) is 1. The number of aromatic nitrogens is 2. The highest BCUT2D eigenvalue weighted by Gasteiger charge is 2.32. The molecule has 10 heteroatoms. The van der Waals surface area contributed by atoms with Gasteiger partial charge in [-0.2, -0.15) is 9.40 Å². The first-order valence-corrected chi connectivity index (χ1v) is 13.2. The summed E-state index contributed by atoms with van der Waals surface area (Å²) in [7, 11) is -3.61. The third-order valence-corrected chi connectivity index (χ3v) is 8.53. The fraction of sp³-hybridized carbons (Fsp3) is 0.333. The topological polar surface area (TPSA) is 84.3 Å². The largest absolute Gasteiger partial charge is 0.323 e. The molecule has 1 amide bonds. The lowest BCUT2D eigenvalue weighted by Crippen LogP contribution is -2.41. The van der Waals surface area contributed by atoms with Crippen molar-refractivity contribution < 1.29 is 13.2 Å². The summed E-state index contributed by atoms with van der Waals surface area (Å²) >= 11 is 12.0. The van der Waals surface area contributed by atoms with Crippen molar-refractivity contribution in [1.82, 2.24) is 14.1 Å². The van der Waals surface area contributed by atoms with E-state index < -0.39 is 10.0 Å². The van der Waals surface area contributed by atoms with E-state index in [0.717, 1.165) is 17.0 Å². The Bertz CT molecular complexity index is 1300. The number of halogens is 2. The number of anilines is 1. The number of amides is 1. The monoisotopic (exact) mass is 520 g/mol. The van der Waals surface area contributed by atoms with Crippen LogP contribution < -0.4 is 5.32 Å². The summed E-state index contributed by atoms with van der Waals surface area (Å²) in [4.78, 5) is 13.2. The van der Waals surface area contributed by atoms with Crippen LogP contribution in [0.1, 0.15) is 29.8 Å². The molecule has 1 saturated heterocycles. The number of sulfonamides is 1. The maximum absolute atomic E-state index is 13.0. The van der Waals surface area contributed by atoms with Crippen molar-refractivity contribution in [2.75, 3.05) is 18.4 Å². The number of carbonyl (C=O) groups is 1. The fourth-order valence-electron chi connectivity index (χ4n) is 4.18. The third-order valence-electron chi connectivity index (χ3n) is 6.13. The molecule has 0 bridgehead atoms. The molecule has 1 aliphatic heterocycles. The lowest BCUT2D eigenvalue weighted by Gasteiger charge is -2.30. The second kappa shape index (κ2) is 10.1. The zero-order valence-corrected chi connectivity index (χ0v) is 21.3. The quantitative estimate of drug-likeness (QED) is 0.501. The number of carbonyl (C=O) groups excluding carboxylic acids is 1. The van der Waals surface area contributed by atoms with Gasteiger partial charge in [-0.1, -0.05) is 35.3 Å². The highest BCUT2D eigenvalue weighted by Crippen LogP contribution is 2.27. The molecule has 1 N–H and O–H groups in total. The van der Waals surface area contributed by atoms with Gasteiger partial charge in [0, 0.05) is 29.1 Å². The highest BCUT2D eigenvalue weighted by molar-refractivity contribution is 7.89. The molecule has 1 fully saturated rings. The Hall–Kier alpha value is -2.39. The van der Waals surface area contributed by atoms with Crippen LogP contribution in [0.4, 0.5) is 5.69 Å². The lowest BCUT2D eigenvalue weighted by atomic mass is 9.97. The Morgan fingerprint density at radius 1 is 1.06 bits per heavy atom. The molecule has 180 valence electrons. The predicted octanol–water partition coefficient (Wildman–Crippen LogP) is 4.89. The smallest absolute Gasteiger partial charge is 0.243 e. The number of aryl methyl sites for hydroxylation is 1. The van der Waals surface area contributed by atoms with Gasteiger partial charge in [-0.3, -0.25) is 9.48 Å². The summed E-state index contributed by atoms with van der Waals surface area (Å²) in [5, 5.41) is 8.75. The summed E-state index contributed by atoms with van der Waals surface area (Å²) in [5.74, 6) is -0.385. The first-order chi connectivity index (χ1) is 16.1. The maximum Gasteiger partial charge on any atom is 0.243 e. The number of benzene rings is 2. The molecule has 0 radical (unpaired) electrons. The van der Waals surface area contributed by atoms with Gasteiger partial charge in [-0.25, -0.2) is 8.42 Å². The van der Waals surface area contributed by atoms with Crippen LogP contribution in [0.5, 0.6) is 0 Å². The van der Waals surface area contributed by atoms with E-state index in [-0.39, 0.29) is 29.8 Å². The summed E-state index contributed by atoms with van der Waals surface area (Å²) in [6, 6.07) is 13.7. The molecule has 0 spiro atoms. The average Bonchev–Trinajstić information content (AvgIpc) is 3.06. The van der Waals surface area contributed by atoms with Crippen molar-refractivity contribution in [2.24, 2.45) is 5.92 Å². The van der Waals surface area contributed by atoms with Gasteiger partial charge in [0.15, 0.2) is 0 Å². The van der Waals surface area contributed by atoms with E-state index in [2.05, 4.69) is 10.4 Å². The Kier molecular flexibility index (Phi) is 7.33. The van der Waals surface area contributed by atoms with E-state index in [1.807, 2.05) is 42.8 Å². The minimum atomic E-state index is -3.61. The number of hydrogen-bond acceptors (Lipinski definition) is 4. The molecular formula is C24H26Cl2N4O3S. The first kappa shape index (κ1) is 24.7. The molecule has 3 aromatic rings. The van der Waals surface area contributed by atoms with Crippen molar-refractivity contribution in [3.63, 3.8) is 0 Å². The first-order valence-electron chi connectivity index (χ1n) is 11.0. The molecule has 1 aliphatic rings. The molecule has 2 heterocycles. The van der Waals surface area contributed by atoms with Gasteiger partial charge >= 0.3 is 0 Å². The van der Waals surface area contributed by atoms with Crippen LogP contribution >= 0.6 is 23.2 Å². The van der Waals surface area contributed by atoms with Crippen molar-refractivity contribution >= 4 is 44.8 Å². The van der Waals surface area contributed by atoms with Gasteiger partial charge in [0.1, 0.15) is 0 Å². The van der Waals surface area contributed by atoms with Gasteiger partial charge in [0.2, 0.25) is 15.9 Å². The Labute approximate surface area is 209 Å². The van der Waals surface area contributed by atoms with E-state index in [0.29, 0.717) is 35.1 Å². The molecule has 1 aromatic heterocycles. The van der Waals surface area contributed by atoms with Crippen LogP contribution in [-0.4, -0.2) is 41.5 Å². The van der Waals surface area contributed by atoms with Crippen LogP contribution in [-0.2, 0) is 21.4 Å². The Morgan fingerprint density at radius 3 is 2.38 bits per heavy atom. The summed E-state index contributed by atoms with van der Waals surface area (Å²) in [6.07, 6.45) is 0.904. The summed E-state index contributed by atoms with van der Waals surface area (Å²) in [5.41, 5.74) is 3.30. The van der Waals surface area contributed by atoms with Crippen molar-refractivity contribution in [2.45, 2.75) is 38.1 Å². The van der Waals surface area contributed by atoms with Gasteiger partial charge in [-0.15, -0.1) is 0 Å². The molecule has 0 unspecified atom stereocenters. The normalized spacial score (nSPS) is 15.4. The molecule has 7 nitrogen and oxygen atoms in total. The number of piperidine rings is 1. The molecular weight excluding hydrogens is 495 g/mol. The molecule has 0 saturated carbocycles. The van der Waals surface area contributed by atoms with E-state index in [1.54, 1.807) is 12.1 Å². The van der Waals surface area contributed by atoms with Gasteiger partial charge < -0.3 is 5.32 Å². The molecule has 0 aliphatic carbocycles. The SMILES string of the molecule is Cc1nn(Cc2cccc(Cl)c2)c(C)c1NC(=O)C1CCN(S(=O)(=O)c2ccc(Cl)cc2)CC1. The molecule has 2 aromatic carbocycles. The van der Waals surface area contributed by atoms with Crippen LogP contribution in [0.2, 0.25) is 10.0 Å². The number of nitrogens with zero attached hydrogens (tertiary/aromatic N) is 3. The standard InChI is InChI=1S/C24H26Cl2N4O3S/c1-16-23(17(2)30(28-16)15-18-4-3-5-21(26)14-18)27-24(31)19-10-12-29(13-11-19)34(32,33)22-8-6-20(25)7-9-22/h3-9,14,19H,10-13,15H2,1-2H3,(H,27,31). The Balaban J connectivity index is 1.39. The zero-order chi connectivity index (χ0) is 24.5. The van der Waals surface area contributed by atoms with Crippen LogP contribution in [0, 0.1) is 19.8 Å². The minimum Gasteiger partial charge on any atom is -0.323 e. The van der Waals surface area contributed by atoms with Gasteiger partial charge in [0.25, 0.3) is 0 Å². The fourth-order valence-corrected chi connectivity index (χ4v) is 5.99. The predicted molar refractivity (Wildman–Crippen MR) is 134 cm³/mol. The van der Waals surface area contributed by atoms with Gasteiger partial charge in [-0.05, 0) is 68.7 Å². The van der Waals surface area contributed by atoms with Gasteiger partial charge in [0.05, 0.1) is 28.5 Å². The highest BCUT2D eigenvalue weighted by atomic mass is 35.5. The second-order valence-electron chi connectivity index (χ2n) is 8.45. The maximum atomic E-state index is 13.0. The molecule has 34 heavy (non-hydrogen) atoms. The summed E-state index contributed by atoms with van der Waals surface area (Å²) < 4.78 is 29.1. The summed E-state index contributed by atoms with van der Waals surface area (Å²) in [6.45, 7) is 4.90. The van der Waals surface area contributed by atoms with E-state index in [4.69, 9.17) is 23.2 Å². The minimum absolute atomic E-state index is 0.114. The van der Waals surface area contributed by atoms with E-state index >= 15 is 0 Å². The number of nitrogens with one attached hydrogen (secondary N) is 1. The van der Waals surface area contributed by atoms with Crippen LogP contribution in [0.15, 0.2) is 53.4 Å². The third kappa shape index (κ3) is 5.30. The lowest BCUT2D eigenvalue weighted by molar-refractivity contribution is -0.120. The van der Waals surface area contributed by atoms with Crippen molar-refractivity contribution in [3.05, 3.63) is 75.5 Å². The Morgan fingerprint density at radius 2 is 1.74 bits per heavy atom. The van der Waals surface area contributed by atoms with Crippen LogP contribution in [0.25, 0.3) is 0 Å². The zero-order valence-electron chi connectivity index (χ0n) is 19.0.